The Morgan fingerprint density at radius 3 is 2.86 bits per heavy atom. The van der Waals surface area contributed by atoms with E-state index in [1.165, 1.54) is 0 Å². The highest BCUT2D eigenvalue weighted by atomic mass is 16.5. The van der Waals surface area contributed by atoms with Gasteiger partial charge in [0.05, 0.1) is 26.1 Å². The summed E-state index contributed by atoms with van der Waals surface area (Å²) < 4.78 is 13.4. The van der Waals surface area contributed by atoms with Gasteiger partial charge < -0.3 is 19.1 Å². The second kappa shape index (κ2) is 8.32. The van der Waals surface area contributed by atoms with Gasteiger partial charge in [0.2, 0.25) is 0 Å². The van der Waals surface area contributed by atoms with Crippen LogP contribution in [-0.2, 0) is 13.2 Å². The van der Waals surface area contributed by atoms with Crippen molar-refractivity contribution in [3.8, 4) is 11.5 Å². The Labute approximate surface area is 125 Å². The van der Waals surface area contributed by atoms with Crippen molar-refractivity contribution in [2.75, 3.05) is 13.2 Å². The topological polar surface area (TPSA) is 56.5 Å². The van der Waals surface area contributed by atoms with Crippen LogP contribution in [-0.4, -0.2) is 27.9 Å². The molecule has 0 radical (unpaired) electrons. The minimum Gasteiger partial charge on any atom is -0.493 e. The molecule has 0 unspecified atom stereocenters. The zero-order valence-electron chi connectivity index (χ0n) is 12.4. The smallest absolute Gasteiger partial charge is 0.128 e. The molecule has 2 aromatic rings. The number of hydrogen-bond acceptors (Lipinski definition) is 4. The van der Waals surface area contributed by atoms with E-state index in [0.29, 0.717) is 19.0 Å². The molecular formula is C16H22N2O3. The molecule has 1 aromatic carbocycles. The van der Waals surface area contributed by atoms with Gasteiger partial charge in [0.15, 0.2) is 0 Å². The average molecular weight is 290 g/mol. The number of rotatable bonds is 9. The number of aromatic nitrogens is 2. The van der Waals surface area contributed by atoms with Gasteiger partial charge in [-0.25, -0.2) is 4.98 Å². The standard InChI is InChI=1S/C16H22N2O3/c1-2-9-20-15-5-4-14(12-19)16(11-15)21-10-3-7-18-8-6-17-13-18/h4-6,8,11,13,19H,2-3,7,9-10,12H2,1H3. The summed E-state index contributed by atoms with van der Waals surface area (Å²) in [4.78, 5) is 4.00. The van der Waals surface area contributed by atoms with Crippen molar-refractivity contribution < 1.29 is 14.6 Å². The summed E-state index contributed by atoms with van der Waals surface area (Å²) >= 11 is 0. The largest absolute Gasteiger partial charge is 0.493 e. The molecular weight excluding hydrogens is 268 g/mol. The first-order valence-electron chi connectivity index (χ1n) is 7.28. The molecule has 5 nitrogen and oxygen atoms in total. The Kier molecular flexibility index (Phi) is 6.09. The molecule has 0 aliphatic carbocycles. The lowest BCUT2D eigenvalue weighted by Gasteiger charge is -2.12. The van der Waals surface area contributed by atoms with E-state index >= 15 is 0 Å². The molecule has 0 saturated heterocycles. The summed E-state index contributed by atoms with van der Waals surface area (Å²) in [5.41, 5.74) is 0.779. The van der Waals surface area contributed by atoms with Crippen LogP contribution in [0.2, 0.25) is 0 Å². The minimum absolute atomic E-state index is 0.0368. The Bertz CT molecular complexity index is 526. The fraction of sp³-hybridized carbons (Fsp3) is 0.438. The molecule has 0 spiro atoms. The van der Waals surface area contributed by atoms with Gasteiger partial charge in [0.25, 0.3) is 0 Å². The highest BCUT2D eigenvalue weighted by Crippen LogP contribution is 2.25. The minimum atomic E-state index is -0.0368. The number of aliphatic hydroxyl groups excluding tert-OH is 1. The number of nitrogens with zero attached hydrogens (tertiary/aromatic N) is 2. The summed E-state index contributed by atoms with van der Waals surface area (Å²) in [5.74, 6) is 1.47. The zero-order chi connectivity index (χ0) is 14.9. The molecule has 0 aliphatic heterocycles. The Balaban J connectivity index is 1.87. The van der Waals surface area contributed by atoms with Gasteiger partial charge in [-0.15, -0.1) is 0 Å². The fourth-order valence-electron chi connectivity index (χ4n) is 1.96. The number of ether oxygens (including phenoxy) is 2. The Hall–Kier alpha value is -2.01. The van der Waals surface area contributed by atoms with Crippen molar-refractivity contribution in [2.45, 2.75) is 32.9 Å². The van der Waals surface area contributed by atoms with Crippen molar-refractivity contribution in [1.82, 2.24) is 9.55 Å². The molecule has 0 saturated carbocycles. The molecule has 2 rings (SSSR count). The summed E-state index contributed by atoms with van der Waals surface area (Å²) in [6.07, 6.45) is 7.32. The van der Waals surface area contributed by atoms with Crippen LogP contribution < -0.4 is 9.47 Å². The van der Waals surface area contributed by atoms with Crippen LogP contribution in [0.15, 0.2) is 36.9 Å². The normalized spacial score (nSPS) is 10.6. The number of aryl methyl sites for hydroxylation is 1. The van der Waals surface area contributed by atoms with Gasteiger partial charge in [-0.2, -0.15) is 0 Å². The summed E-state index contributed by atoms with van der Waals surface area (Å²) in [6, 6.07) is 5.55. The first-order valence-corrected chi connectivity index (χ1v) is 7.28. The number of hydrogen-bond donors (Lipinski definition) is 1. The fourth-order valence-corrected chi connectivity index (χ4v) is 1.96. The van der Waals surface area contributed by atoms with Crippen molar-refractivity contribution in [1.29, 1.82) is 0 Å². The maximum atomic E-state index is 9.36. The summed E-state index contributed by atoms with van der Waals surface area (Å²) in [6.45, 7) is 4.15. The number of imidazole rings is 1. The monoisotopic (exact) mass is 290 g/mol. The molecule has 5 heteroatoms. The highest BCUT2D eigenvalue weighted by Gasteiger charge is 2.05. The lowest BCUT2D eigenvalue weighted by Crippen LogP contribution is -2.05. The van der Waals surface area contributed by atoms with Crippen molar-refractivity contribution in [2.24, 2.45) is 0 Å². The average Bonchev–Trinajstić information content (AvgIpc) is 3.03. The van der Waals surface area contributed by atoms with Crippen LogP contribution in [0, 0.1) is 0 Å². The first kappa shape index (κ1) is 15.4. The molecule has 0 bridgehead atoms. The Morgan fingerprint density at radius 1 is 1.24 bits per heavy atom. The highest BCUT2D eigenvalue weighted by molar-refractivity contribution is 5.40. The second-order valence-corrected chi connectivity index (χ2v) is 4.78. The van der Waals surface area contributed by atoms with Crippen molar-refractivity contribution >= 4 is 0 Å². The third-order valence-electron chi connectivity index (χ3n) is 3.06. The molecule has 114 valence electrons. The lowest BCUT2D eigenvalue weighted by atomic mass is 10.2. The van der Waals surface area contributed by atoms with E-state index in [1.54, 1.807) is 12.5 Å². The zero-order valence-corrected chi connectivity index (χ0v) is 12.4. The predicted octanol–water partition coefficient (Wildman–Crippen LogP) is 2.63. The van der Waals surface area contributed by atoms with E-state index in [4.69, 9.17) is 9.47 Å². The van der Waals surface area contributed by atoms with E-state index in [-0.39, 0.29) is 6.61 Å². The van der Waals surface area contributed by atoms with Gasteiger partial charge in [0.1, 0.15) is 11.5 Å². The van der Waals surface area contributed by atoms with Crippen LogP contribution >= 0.6 is 0 Å². The first-order chi connectivity index (χ1) is 10.3. The maximum Gasteiger partial charge on any atom is 0.128 e. The number of aliphatic hydroxyl groups is 1. The lowest BCUT2D eigenvalue weighted by molar-refractivity contribution is 0.256. The molecule has 1 N–H and O–H groups in total. The van der Waals surface area contributed by atoms with Crippen LogP contribution in [0.3, 0.4) is 0 Å². The summed E-state index contributed by atoms with van der Waals surface area (Å²) in [5, 5.41) is 9.36. The van der Waals surface area contributed by atoms with Crippen molar-refractivity contribution in [3.05, 3.63) is 42.5 Å². The van der Waals surface area contributed by atoms with E-state index < -0.39 is 0 Å². The van der Waals surface area contributed by atoms with Crippen molar-refractivity contribution in [3.63, 3.8) is 0 Å². The predicted molar refractivity (Wildman–Crippen MR) is 80.5 cm³/mol. The van der Waals surface area contributed by atoms with Gasteiger partial charge >= 0.3 is 0 Å². The van der Waals surface area contributed by atoms with E-state index in [9.17, 15) is 5.11 Å². The van der Waals surface area contributed by atoms with Crippen LogP contribution in [0.1, 0.15) is 25.3 Å². The second-order valence-electron chi connectivity index (χ2n) is 4.78. The third kappa shape index (κ3) is 4.79. The van der Waals surface area contributed by atoms with Gasteiger partial charge in [-0.05, 0) is 25.0 Å². The quantitative estimate of drug-likeness (QED) is 0.721. The maximum absolute atomic E-state index is 9.36. The molecule has 1 aromatic heterocycles. The SMILES string of the molecule is CCCOc1ccc(CO)c(OCCCn2ccnc2)c1. The van der Waals surface area contributed by atoms with Crippen LogP contribution in [0.4, 0.5) is 0 Å². The van der Waals surface area contributed by atoms with E-state index in [0.717, 1.165) is 30.7 Å². The molecule has 0 atom stereocenters. The van der Waals surface area contributed by atoms with E-state index in [1.807, 2.05) is 29.0 Å². The molecule has 1 heterocycles. The molecule has 0 fully saturated rings. The molecule has 21 heavy (non-hydrogen) atoms. The van der Waals surface area contributed by atoms with Crippen LogP contribution in [0.25, 0.3) is 0 Å². The van der Waals surface area contributed by atoms with E-state index in [2.05, 4.69) is 11.9 Å². The van der Waals surface area contributed by atoms with Gasteiger partial charge in [-0.1, -0.05) is 6.92 Å². The molecule has 0 amide bonds. The van der Waals surface area contributed by atoms with Gasteiger partial charge in [-0.3, -0.25) is 0 Å². The number of benzene rings is 1. The molecule has 0 aliphatic rings. The van der Waals surface area contributed by atoms with Crippen LogP contribution in [0.5, 0.6) is 11.5 Å². The van der Waals surface area contributed by atoms with Gasteiger partial charge in [0, 0.05) is 30.6 Å². The summed E-state index contributed by atoms with van der Waals surface area (Å²) in [7, 11) is 0. The third-order valence-corrected chi connectivity index (χ3v) is 3.06. The Morgan fingerprint density at radius 2 is 2.14 bits per heavy atom.